The predicted molar refractivity (Wildman–Crippen MR) is 59.5 cm³/mol. The quantitative estimate of drug-likeness (QED) is 0.515. The average molecular weight is 217 g/mol. The van der Waals surface area contributed by atoms with Gasteiger partial charge in [0.15, 0.2) is 0 Å². The van der Waals surface area contributed by atoms with E-state index < -0.39 is 0 Å². The lowest BCUT2D eigenvalue weighted by Gasteiger charge is -2.15. The number of hydrogen-bond acceptors (Lipinski definition) is 4. The van der Waals surface area contributed by atoms with E-state index in [0.717, 1.165) is 30.9 Å². The molecule has 1 aliphatic carbocycles. The summed E-state index contributed by atoms with van der Waals surface area (Å²) < 4.78 is 4.76. The van der Waals surface area contributed by atoms with Crippen LogP contribution in [-0.2, 0) is 9.53 Å². The van der Waals surface area contributed by atoms with Gasteiger partial charge in [0, 0.05) is 12.3 Å². The summed E-state index contributed by atoms with van der Waals surface area (Å²) >= 11 is 1.89. The maximum Gasteiger partial charge on any atom is 0.323 e. The summed E-state index contributed by atoms with van der Waals surface area (Å²) in [5, 5.41) is 3.27. The highest BCUT2D eigenvalue weighted by atomic mass is 32.2. The van der Waals surface area contributed by atoms with Crippen molar-refractivity contribution >= 4 is 17.7 Å². The molecule has 14 heavy (non-hydrogen) atoms. The Morgan fingerprint density at radius 3 is 2.86 bits per heavy atom. The number of carbonyl (C=O) groups is 1. The molecule has 0 aliphatic heterocycles. The van der Waals surface area contributed by atoms with E-state index in [2.05, 4.69) is 12.2 Å². The zero-order valence-corrected chi connectivity index (χ0v) is 9.73. The molecule has 1 saturated carbocycles. The van der Waals surface area contributed by atoms with E-state index in [0.29, 0.717) is 5.92 Å². The Hall–Kier alpha value is -0.220. The molecule has 0 aromatic rings. The number of ether oxygens (including phenoxy) is 1. The molecule has 0 aromatic carbocycles. The molecule has 1 aliphatic rings. The summed E-state index contributed by atoms with van der Waals surface area (Å²) in [6, 6.07) is -0.0579. The summed E-state index contributed by atoms with van der Waals surface area (Å²) in [7, 11) is 1.46. The number of nitrogens with one attached hydrogen (secondary N) is 1. The van der Waals surface area contributed by atoms with Gasteiger partial charge in [-0.15, -0.1) is 0 Å². The predicted octanol–water partition coefficient (Wildman–Crippen LogP) is 1.28. The van der Waals surface area contributed by atoms with Gasteiger partial charge >= 0.3 is 5.97 Å². The van der Waals surface area contributed by atoms with Crippen LogP contribution in [0.2, 0.25) is 0 Å². The Kier molecular flexibility index (Phi) is 5.33. The van der Waals surface area contributed by atoms with E-state index in [-0.39, 0.29) is 12.0 Å². The molecule has 1 atom stereocenters. The minimum Gasteiger partial charge on any atom is -0.468 e. The minimum absolute atomic E-state index is 0.0579. The lowest BCUT2D eigenvalue weighted by atomic mass is 10.2. The lowest BCUT2D eigenvalue weighted by Crippen LogP contribution is -2.40. The summed E-state index contributed by atoms with van der Waals surface area (Å²) in [5.74, 6) is 2.62. The van der Waals surface area contributed by atoms with Gasteiger partial charge in [0.05, 0.1) is 7.11 Å². The molecule has 0 unspecified atom stereocenters. The van der Waals surface area contributed by atoms with Crippen molar-refractivity contribution in [2.45, 2.75) is 25.8 Å². The number of esters is 1. The van der Waals surface area contributed by atoms with Crippen molar-refractivity contribution in [2.24, 2.45) is 5.92 Å². The van der Waals surface area contributed by atoms with Crippen LogP contribution < -0.4 is 5.32 Å². The molecule has 0 saturated heterocycles. The smallest absolute Gasteiger partial charge is 0.323 e. The summed E-state index contributed by atoms with van der Waals surface area (Å²) in [5.41, 5.74) is 0. The number of methoxy groups -OCH3 is 1. The van der Waals surface area contributed by atoms with Crippen LogP contribution in [0.15, 0.2) is 0 Å². The van der Waals surface area contributed by atoms with Crippen LogP contribution in [0.4, 0.5) is 0 Å². The highest BCUT2D eigenvalue weighted by Gasteiger charge is 2.36. The fourth-order valence-electron chi connectivity index (χ4n) is 1.43. The Morgan fingerprint density at radius 1 is 1.64 bits per heavy atom. The van der Waals surface area contributed by atoms with Gasteiger partial charge in [-0.05, 0) is 24.5 Å². The molecule has 1 fully saturated rings. The lowest BCUT2D eigenvalue weighted by molar-refractivity contribution is -0.143. The van der Waals surface area contributed by atoms with E-state index in [1.165, 1.54) is 7.11 Å². The van der Waals surface area contributed by atoms with Crippen molar-refractivity contribution < 1.29 is 9.53 Å². The standard InChI is InChI=1S/C10H19NO2S/c1-3-14-7-6-11-9(8-4-5-8)10(12)13-2/h8-9,11H,3-7H2,1-2H3/t9-/m1/s1. The van der Waals surface area contributed by atoms with Gasteiger partial charge in [0.1, 0.15) is 6.04 Å². The van der Waals surface area contributed by atoms with Crippen molar-refractivity contribution in [1.29, 1.82) is 0 Å². The Morgan fingerprint density at radius 2 is 2.36 bits per heavy atom. The Bertz CT molecular complexity index is 183. The van der Waals surface area contributed by atoms with Gasteiger partial charge in [0.25, 0.3) is 0 Å². The van der Waals surface area contributed by atoms with Gasteiger partial charge in [-0.25, -0.2) is 0 Å². The molecule has 0 bridgehead atoms. The van der Waals surface area contributed by atoms with Gasteiger partial charge in [0.2, 0.25) is 0 Å². The maximum atomic E-state index is 11.4. The number of carbonyl (C=O) groups excluding carboxylic acids is 1. The number of thioether (sulfide) groups is 1. The van der Waals surface area contributed by atoms with Crippen molar-refractivity contribution in [3.63, 3.8) is 0 Å². The van der Waals surface area contributed by atoms with Crippen molar-refractivity contribution in [2.75, 3.05) is 25.2 Å². The topological polar surface area (TPSA) is 38.3 Å². The molecule has 0 spiro atoms. The fourth-order valence-corrected chi connectivity index (χ4v) is 1.98. The fraction of sp³-hybridized carbons (Fsp3) is 0.900. The molecule has 0 radical (unpaired) electrons. The molecule has 4 heteroatoms. The third-order valence-electron chi connectivity index (χ3n) is 2.36. The van der Waals surface area contributed by atoms with Gasteiger partial charge in [-0.2, -0.15) is 11.8 Å². The van der Waals surface area contributed by atoms with Crippen LogP contribution in [-0.4, -0.2) is 37.2 Å². The van der Waals surface area contributed by atoms with E-state index in [1.807, 2.05) is 11.8 Å². The Balaban J connectivity index is 2.18. The number of hydrogen-bond donors (Lipinski definition) is 1. The van der Waals surface area contributed by atoms with Crippen molar-refractivity contribution in [3.05, 3.63) is 0 Å². The third kappa shape index (κ3) is 3.88. The second kappa shape index (κ2) is 6.30. The zero-order valence-electron chi connectivity index (χ0n) is 8.91. The first-order valence-corrected chi connectivity index (χ1v) is 6.34. The summed E-state index contributed by atoms with van der Waals surface area (Å²) in [6.45, 7) is 3.04. The zero-order chi connectivity index (χ0) is 10.4. The van der Waals surface area contributed by atoms with E-state index in [4.69, 9.17) is 4.74 Å². The molecule has 0 aromatic heterocycles. The molecule has 3 nitrogen and oxygen atoms in total. The first kappa shape index (κ1) is 11.9. The molecule has 0 heterocycles. The maximum absolute atomic E-state index is 11.4. The van der Waals surface area contributed by atoms with Crippen LogP contribution in [0.3, 0.4) is 0 Å². The summed E-state index contributed by atoms with van der Waals surface area (Å²) in [4.78, 5) is 11.4. The van der Waals surface area contributed by atoms with Crippen LogP contribution in [0.5, 0.6) is 0 Å². The van der Waals surface area contributed by atoms with Crippen LogP contribution in [0.25, 0.3) is 0 Å². The van der Waals surface area contributed by atoms with Gasteiger partial charge < -0.3 is 10.1 Å². The van der Waals surface area contributed by atoms with E-state index >= 15 is 0 Å². The molecular formula is C10H19NO2S. The third-order valence-corrected chi connectivity index (χ3v) is 3.26. The molecular weight excluding hydrogens is 198 g/mol. The van der Waals surface area contributed by atoms with Crippen molar-refractivity contribution in [1.82, 2.24) is 5.32 Å². The van der Waals surface area contributed by atoms with E-state index in [9.17, 15) is 4.79 Å². The van der Waals surface area contributed by atoms with Gasteiger partial charge in [-0.3, -0.25) is 4.79 Å². The summed E-state index contributed by atoms with van der Waals surface area (Å²) in [6.07, 6.45) is 2.32. The minimum atomic E-state index is -0.103. The second-order valence-corrected chi connectivity index (χ2v) is 4.88. The molecule has 0 amide bonds. The molecule has 1 rings (SSSR count). The van der Waals surface area contributed by atoms with E-state index in [1.54, 1.807) is 0 Å². The average Bonchev–Trinajstić information content (AvgIpc) is 3.01. The first-order valence-electron chi connectivity index (χ1n) is 5.18. The largest absolute Gasteiger partial charge is 0.468 e. The van der Waals surface area contributed by atoms with Crippen LogP contribution >= 0.6 is 11.8 Å². The van der Waals surface area contributed by atoms with Crippen LogP contribution in [0.1, 0.15) is 19.8 Å². The van der Waals surface area contributed by atoms with Crippen LogP contribution in [0, 0.1) is 5.92 Å². The Labute approximate surface area is 90.0 Å². The molecule has 1 N–H and O–H groups in total. The van der Waals surface area contributed by atoms with Gasteiger partial charge in [-0.1, -0.05) is 6.92 Å². The van der Waals surface area contributed by atoms with Crippen molar-refractivity contribution in [3.8, 4) is 0 Å². The normalized spacial score (nSPS) is 17.9. The highest BCUT2D eigenvalue weighted by molar-refractivity contribution is 7.99. The monoisotopic (exact) mass is 217 g/mol. The highest BCUT2D eigenvalue weighted by Crippen LogP contribution is 2.33. The second-order valence-electron chi connectivity index (χ2n) is 3.49. The first-order chi connectivity index (χ1) is 6.79. The molecule has 82 valence electrons. The SMILES string of the molecule is CCSCCN[C@@H](C(=O)OC)C1CC1. The number of rotatable bonds is 7.